The Hall–Kier alpha value is -1.55. The van der Waals surface area contributed by atoms with Crippen molar-refractivity contribution >= 4 is 17.3 Å². The van der Waals surface area contributed by atoms with Crippen LogP contribution in [0.2, 0.25) is 0 Å². The third kappa shape index (κ3) is 2.97. The van der Waals surface area contributed by atoms with Crippen LogP contribution in [0.5, 0.6) is 0 Å². The van der Waals surface area contributed by atoms with E-state index in [-0.39, 0.29) is 5.91 Å². The van der Waals surface area contributed by atoms with Gasteiger partial charge in [0.2, 0.25) is 5.91 Å². The molecule has 16 heavy (non-hydrogen) atoms. The summed E-state index contributed by atoms with van der Waals surface area (Å²) in [7, 11) is 0. The summed E-state index contributed by atoms with van der Waals surface area (Å²) in [6, 6.07) is 8.09. The molecule has 1 aliphatic heterocycles. The summed E-state index contributed by atoms with van der Waals surface area (Å²) < 4.78 is 5.29. The van der Waals surface area contributed by atoms with E-state index in [4.69, 9.17) is 4.74 Å². The van der Waals surface area contributed by atoms with Crippen LogP contribution in [-0.4, -0.2) is 25.2 Å². The smallest absolute Gasteiger partial charge is 0.221 e. The average molecular weight is 220 g/mol. The summed E-state index contributed by atoms with van der Waals surface area (Å²) in [5, 5.41) is 6.14. The third-order valence-electron chi connectivity index (χ3n) is 2.48. The zero-order chi connectivity index (χ0) is 11.4. The Bertz CT molecular complexity index is 373. The quantitative estimate of drug-likeness (QED) is 0.817. The van der Waals surface area contributed by atoms with Gasteiger partial charge in [0.15, 0.2) is 0 Å². The van der Waals surface area contributed by atoms with E-state index in [0.29, 0.717) is 6.04 Å². The summed E-state index contributed by atoms with van der Waals surface area (Å²) >= 11 is 0. The van der Waals surface area contributed by atoms with Gasteiger partial charge in [0.25, 0.3) is 0 Å². The molecule has 0 aliphatic carbocycles. The number of amides is 1. The molecular weight excluding hydrogens is 204 g/mol. The van der Waals surface area contributed by atoms with E-state index in [0.717, 1.165) is 31.0 Å². The van der Waals surface area contributed by atoms with Crippen molar-refractivity contribution < 1.29 is 9.53 Å². The van der Waals surface area contributed by atoms with Crippen molar-refractivity contribution in [2.24, 2.45) is 0 Å². The Balaban J connectivity index is 2.00. The molecule has 86 valence electrons. The van der Waals surface area contributed by atoms with E-state index in [9.17, 15) is 4.79 Å². The number of carbonyl (C=O) groups is 1. The first-order chi connectivity index (χ1) is 7.74. The van der Waals surface area contributed by atoms with E-state index in [1.165, 1.54) is 6.92 Å². The molecule has 1 aromatic rings. The van der Waals surface area contributed by atoms with Gasteiger partial charge >= 0.3 is 0 Å². The van der Waals surface area contributed by atoms with Crippen molar-refractivity contribution in [1.29, 1.82) is 0 Å². The summed E-state index contributed by atoms with van der Waals surface area (Å²) in [6.45, 7) is 3.08. The zero-order valence-corrected chi connectivity index (χ0v) is 9.32. The number of benzene rings is 1. The Labute approximate surface area is 95.0 Å². The van der Waals surface area contributed by atoms with Gasteiger partial charge in [-0.25, -0.2) is 0 Å². The van der Waals surface area contributed by atoms with Crippen LogP contribution < -0.4 is 10.6 Å². The maximum absolute atomic E-state index is 10.9. The molecule has 1 aromatic carbocycles. The molecule has 0 bridgehead atoms. The fourth-order valence-electron chi connectivity index (χ4n) is 1.77. The number of anilines is 2. The lowest BCUT2D eigenvalue weighted by Crippen LogP contribution is -2.18. The van der Waals surface area contributed by atoms with Gasteiger partial charge < -0.3 is 15.4 Å². The molecule has 1 heterocycles. The highest BCUT2D eigenvalue weighted by atomic mass is 16.5. The SMILES string of the molecule is CC(=O)Nc1cccc(NC2CCOC2)c1. The van der Waals surface area contributed by atoms with Crippen molar-refractivity contribution in [3.63, 3.8) is 0 Å². The van der Waals surface area contributed by atoms with Crippen molar-refractivity contribution in [1.82, 2.24) is 0 Å². The maximum atomic E-state index is 10.9. The molecule has 1 fully saturated rings. The molecule has 1 saturated heterocycles. The van der Waals surface area contributed by atoms with Crippen LogP contribution in [0.4, 0.5) is 11.4 Å². The molecule has 2 rings (SSSR count). The zero-order valence-electron chi connectivity index (χ0n) is 9.32. The number of hydrogen-bond acceptors (Lipinski definition) is 3. The van der Waals surface area contributed by atoms with Crippen molar-refractivity contribution in [2.75, 3.05) is 23.8 Å². The maximum Gasteiger partial charge on any atom is 0.221 e. The fourth-order valence-corrected chi connectivity index (χ4v) is 1.77. The van der Waals surface area contributed by atoms with Crippen LogP contribution in [0, 0.1) is 0 Å². The van der Waals surface area contributed by atoms with E-state index < -0.39 is 0 Å². The van der Waals surface area contributed by atoms with Crippen LogP contribution in [0.25, 0.3) is 0 Å². The molecule has 0 saturated carbocycles. The van der Waals surface area contributed by atoms with Gasteiger partial charge in [-0.2, -0.15) is 0 Å². The molecule has 2 N–H and O–H groups in total. The lowest BCUT2D eigenvalue weighted by molar-refractivity contribution is -0.114. The molecule has 4 nitrogen and oxygen atoms in total. The number of ether oxygens (including phenoxy) is 1. The first-order valence-electron chi connectivity index (χ1n) is 5.46. The highest BCUT2D eigenvalue weighted by Gasteiger charge is 2.14. The minimum Gasteiger partial charge on any atom is -0.380 e. The molecule has 0 spiro atoms. The van der Waals surface area contributed by atoms with Crippen LogP contribution in [0.15, 0.2) is 24.3 Å². The number of rotatable bonds is 3. The molecule has 1 amide bonds. The van der Waals surface area contributed by atoms with Gasteiger partial charge in [0.05, 0.1) is 12.6 Å². The molecule has 0 aromatic heterocycles. The van der Waals surface area contributed by atoms with Gasteiger partial charge in [-0.15, -0.1) is 0 Å². The first kappa shape index (κ1) is 11.0. The molecule has 0 radical (unpaired) electrons. The summed E-state index contributed by atoms with van der Waals surface area (Å²) in [5.74, 6) is -0.0543. The fraction of sp³-hybridized carbons (Fsp3) is 0.417. The van der Waals surface area contributed by atoms with Crippen LogP contribution in [0.1, 0.15) is 13.3 Å². The molecular formula is C12H16N2O2. The standard InChI is InChI=1S/C12H16N2O2/c1-9(15)13-10-3-2-4-11(7-10)14-12-5-6-16-8-12/h2-4,7,12,14H,5-6,8H2,1H3,(H,13,15). The van der Waals surface area contributed by atoms with Gasteiger partial charge in [0.1, 0.15) is 0 Å². The topological polar surface area (TPSA) is 50.4 Å². The monoisotopic (exact) mass is 220 g/mol. The summed E-state index contributed by atoms with van der Waals surface area (Å²) in [6.07, 6.45) is 1.03. The Morgan fingerprint density at radius 1 is 1.44 bits per heavy atom. The second-order valence-electron chi connectivity index (χ2n) is 3.97. The minimum absolute atomic E-state index is 0.0543. The lowest BCUT2D eigenvalue weighted by atomic mass is 10.2. The van der Waals surface area contributed by atoms with Gasteiger partial charge in [-0.3, -0.25) is 4.79 Å². The Morgan fingerprint density at radius 2 is 2.25 bits per heavy atom. The molecule has 1 unspecified atom stereocenters. The number of carbonyl (C=O) groups excluding carboxylic acids is 1. The van der Waals surface area contributed by atoms with Crippen molar-refractivity contribution in [2.45, 2.75) is 19.4 Å². The van der Waals surface area contributed by atoms with E-state index >= 15 is 0 Å². The van der Waals surface area contributed by atoms with Crippen LogP contribution in [0.3, 0.4) is 0 Å². The first-order valence-corrected chi connectivity index (χ1v) is 5.46. The molecule has 4 heteroatoms. The van der Waals surface area contributed by atoms with Crippen molar-refractivity contribution in [3.8, 4) is 0 Å². The van der Waals surface area contributed by atoms with Crippen LogP contribution >= 0.6 is 0 Å². The highest BCUT2D eigenvalue weighted by Crippen LogP contribution is 2.18. The third-order valence-corrected chi connectivity index (χ3v) is 2.48. The van der Waals surface area contributed by atoms with E-state index in [1.807, 2.05) is 24.3 Å². The average Bonchev–Trinajstić information content (AvgIpc) is 2.70. The second kappa shape index (κ2) is 4.99. The largest absolute Gasteiger partial charge is 0.380 e. The summed E-state index contributed by atoms with van der Waals surface area (Å²) in [4.78, 5) is 10.9. The minimum atomic E-state index is -0.0543. The van der Waals surface area contributed by atoms with Crippen LogP contribution in [-0.2, 0) is 9.53 Å². The predicted octanol–water partition coefficient (Wildman–Crippen LogP) is 1.85. The molecule has 1 aliphatic rings. The number of hydrogen-bond donors (Lipinski definition) is 2. The van der Waals surface area contributed by atoms with Crippen molar-refractivity contribution in [3.05, 3.63) is 24.3 Å². The van der Waals surface area contributed by atoms with Gasteiger partial charge in [-0.05, 0) is 24.6 Å². The van der Waals surface area contributed by atoms with Gasteiger partial charge in [-0.1, -0.05) is 6.07 Å². The lowest BCUT2D eigenvalue weighted by Gasteiger charge is -2.13. The second-order valence-corrected chi connectivity index (χ2v) is 3.97. The van der Waals surface area contributed by atoms with E-state index in [1.54, 1.807) is 0 Å². The van der Waals surface area contributed by atoms with E-state index in [2.05, 4.69) is 10.6 Å². The Kier molecular flexibility index (Phi) is 3.41. The predicted molar refractivity (Wildman–Crippen MR) is 63.6 cm³/mol. The van der Waals surface area contributed by atoms with Gasteiger partial charge in [0, 0.05) is 24.9 Å². The summed E-state index contributed by atoms with van der Waals surface area (Å²) in [5.41, 5.74) is 1.83. The highest BCUT2D eigenvalue weighted by molar-refractivity contribution is 5.89. The number of nitrogens with one attached hydrogen (secondary N) is 2. The Morgan fingerprint density at radius 3 is 2.94 bits per heavy atom. The normalized spacial score (nSPS) is 19.4. The molecule has 1 atom stereocenters.